The van der Waals surface area contributed by atoms with Gasteiger partial charge in [0.05, 0.1) is 36.0 Å². The fourth-order valence-electron chi connectivity index (χ4n) is 3.44. The summed E-state index contributed by atoms with van der Waals surface area (Å²) in [6.07, 6.45) is 0.00751. The molecule has 0 atom stereocenters. The number of carbonyl (C=O) groups is 3. The first-order chi connectivity index (χ1) is 15.7. The van der Waals surface area contributed by atoms with Crippen molar-refractivity contribution in [3.63, 3.8) is 0 Å². The predicted octanol–water partition coefficient (Wildman–Crippen LogP) is 3.57. The number of carbonyl (C=O) groups excluding carboxylic acids is 3. The van der Waals surface area contributed by atoms with Gasteiger partial charge in [-0.15, -0.1) is 0 Å². The minimum absolute atomic E-state index is 0.00751. The molecule has 2 heterocycles. The molecule has 0 fully saturated rings. The van der Waals surface area contributed by atoms with Crippen LogP contribution in [0.2, 0.25) is 0 Å². The Kier molecular flexibility index (Phi) is 7.32. The normalized spacial score (nSPS) is 10.7. The third-order valence-corrected chi connectivity index (χ3v) is 5.31. The van der Waals surface area contributed by atoms with Gasteiger partial charge >= 0.3 is 11.9 Å². The third kappa shape index (κ3) is 5.49. The molecule has 0 radical (unpaired) electrons. The topological polar surface area (TPSA) is 121 Å². The highest BCUT2D eigenvalue weighted by Crippen LogP contribution is 2.20. The number of ether oxygens (including phenoxy) is 3. The number of rotatable bonds is 9. The van der Waals surface area contributed by atoms with E-state index >= 15 is 0 Å². The number of aryl methyl sites for hydroxylation is 3. The number of nitrogens with zero attached hydrogens (tertiary/aromatic N) is 1. The molecular weight excluding hydrogens is 428 g/mol. The van der Waals surface area contributed by atoms with Crippen LogP contribution in [-0.2, 0) is 27.3 Å². The van der Waals surface area contributed by atoms with Gasteiger partial charge in [0.2, 0.25) is 5.78 Å². The minimum Gasteiger partial charge on any atom is -0.489 e. The lowest BCUT2D eigenvalue weighted by Crippen LogP contribution is -2.17. The molecule has 0 aliphatic rings. The molecule has 0 saturated carbocycles. The van der Waals surface area contributed by atoms with Crippen molar-refractivity contribution in [2.75, 3.05) is 13.7 Å². The SMILES string of the molecule is COC(=O)c1c(C)[nH]c(C(=O)COC(=O)Cc2ccc(OCc3c(C)noc3C)cc2)c1C. The number of H-pyrrole nitrogens is 1. The maximum absolute atomic E-state index is 12.5. The fourth-order valence-corrected chi connectivity index (χ4v) is 3.44. The van der Waals surface area contributed by atoms with Crippen LogP contribution in [0.3, 0.4) is 0 Å². The highest BCUT2D eigenvalue weighted by molar-refractivity contribution is 6.02. The van der Waals surface area contributed by atoms with Crippen molar-refractivity contribution in [1.29, 1.82) is 0 Å². The maximum atomic E-state index is 12.5. The van der Waals surface area contributed by atoms with Crippen LogP contribution in [0.1, 0.15) is 54.7 Å². The van der Waals surface area contributed by atoms with Gasteiger partial charge in [0.1, 0.15) is 18.1 Å². The van der Waals surface area contributed by atoms with Crippen molar-refractivity contribution in [1.82, 2.24) is 10.1 Å². The Balaban J connectivity index is 1.52. The van der Waals surface area contributed by atoms with Gasteiger partial charge in [-0.2, -0.15) is 0 Å². The van der Waals surface area contributed by atoms with Gasteiger partial charge < -0.3 is 23.7 Å². The number of Topliss-reactive ketones (excluding diaryl/α,β-unsaturated/α-hetero) is 1. The van der Waals surface area contributed by atoms with Gasteiger partial charge in [0, 0.05) is 5.69 Å². The fraction of sp³-hybridized carbons (Fsp3) is 0.333. The minimum atomic E-state index is -0.540. The summed E-state index contributed by atoms with van der Waals surface area (Å²) in [6, 6.07) is 7.02. The molecule has 0 saturated heterocycles. The second-order valence-corrected chi connectivity index (χ2v) is 7.61. The van der Waals surface area contributed by atoms with Crippen molar-refractivity contribution in [2.24, 2.45) is 0 Å². The zero-order valence-corrected chi connectivity index (χ0v) is 19.2. The van der Waals surface area contributed by atoms with Gasteiger partial charge in [-0.1, -0.05) is 17.3 Å². The van der Waals surface area contributed by atoms with Crippen molar-refractivity contribution < 1.29 is 33.1 Å². The van der Waals surface area contributed by atoms with Crippen molar-refractivity contribution in [2.45, 2.75) is 40.7 Å². The number of benzene rings is 1. The number of esters is 2. The summed E-state index contributed by atoms with van der Waals surface area (Å²) in [5, 5.41) is 3.89. The van der Waals surface area contributed by atoms with E-state index in [-0.39, 0.29) is 12.1 Å². The lowest BCUT2D eigenvalue weighted by Gasteiger charge is -2.08. The van der Waals surface area contributed by atoms with Gasteiger partial charge in [0.25, 0.3) is 0 Å². The van der Waals surface area contributed by atoms with E-state index in [1.165, 1.54) is 7.11 Å². The van der Waals surface area contributed by atoms with Gasteiger partial charge in [-0.3, -0.25) is 9.59 Å². The first-order valence-corrected chi connectivity index (χ1v) is 10.3. The Labute approximate surface area is 191 Å². The van der Waals surface area contributed by atoms with Gasteiger partial charge in [-0.05, 0) is 51.0 Å². The highest BCUT2D eigenvalue weighted by Gasteiger charge is 2.23. The van der Waals surface area contributed by atoms with E-state index in [1.54, 1.807) is 38.1 Å². The number of ketones is 1. The molecule has 0 spiro atoms. The van der Waals surface area contributed by atoms with Crippen LogP contribution in [0.5, 0.6) is 5.75 Å². The van der Waals surface area contributed by atoms with E-state index in [2.05, 4.69) is 10.1 Å². The summed E-state index contributed by atoms with van der Waals surface area (Å²) in [6.45, 7) is 6.89. The summed E-state index contributed by atoms with van der Waals surface area (Å²) >= 11 is 0. The third-order valence-electron chi connectivity index (χ3n) is 5.31. The zero-order chi connectivity index (χ0) is 24.1. The van der Waals surface area contributed by atoms with E-state index in [4.69, 9.17) is 18.7 Å². The Morgan fingerprint density at radius 2 is 1.76 bits per heavy atom. The van der Waals surface area contributed by atoms with Crippen LogP contribution in [0.15, 0.2) is 28.8 Å². The molecule has 2 aromatic heterocycles. The Bertz CT molecular complexity index is 1150. The van der Waals surface area contributed by atoms with E-state index in [9.17, 15) is 14.4 Å². The molecule has 3 aromatic rings. The molecule has 0 bridgehead atoms. The van der Waals surface area contributed by atoms with Gasteiger partial charge in [-0.25, -0.2) is 4.79 Å². The highest BCUT2D eigenvalue weighted by atomic mass is 16.5. The lowest BCUT2D eigenvalue weighted by atomic mass is 10.1. The van der Waals surface area contributed by atoms with E-state index in [0.717, 1.165) is 16.8 Å². The summed E-state index contributed by atoms with van der Waals surface area (Å²) in [7, 11) is 1.27. The van der Waals surface area contributed by atoms with E-state index in [1.807, 2.05) is 13.8 Å². The summed E-state index contributed by atoms with van der Waals surface area (Å²) in [5.41, 5.74) is 3.92. The van der Waals surface area contributed by atoms with E-state index < -0.39 is 24.3 Å². The molecule has 1 N–H and O–H groups in total. The Hall–Kier alpha value is -3.88. The average molecular weight is 454 g/mol. The molecule has 0 aliphatic heterocycles. The Morgan fingerprint density at radius 1 is 1.06 bits per heavy atom. The largest absolute Gasteiger partial charge is 0.489 e. The van der Waals surface area contributed by atoms with Crippen LogP contribution in [-0.4, -0.2) is 41.6 Å². The first kappa shape index (κ1) is 23.8. The molecule has 0 unspecified atom stereocenters. The van der Waals surface area contributed by atoms with Gasteiger partial charge in [0.15, 0.2) is 6.61 Å². The standard InChI is InChI=1S/C24H26N2O7/c1-13-22(24(29)30-5)15(3)25-23(13)20(27)12-32-21(28)10-17-6-8-18(9-7-17)31-11-19-14(2)26-33-16(19)4/h6-9,25H,10-12H2,1-5H3. The van der Waals surface area contributed by atoms with Crippen LogP contribution < -0.4 is 4.74 Å². The molecule has 0 aliphatic carbocycles. The molecule has 9 heteroatoms. The van der Waals surface area contributed by atoms with Crippen LogP contribution in [0.25, 0.3) is 0 Å². The number of aromatic amines is 1. The monoisotopic (exact) mass is 454 g/mol. The summed E-state index contributed by atoms with van der Waals surface area (Å²) in [4.78, 5) is 39.4. The second kappa shape index (κ2) is 10.2. The number of nitrogens with one attached hydrogen (secondary N) is 1. The molecule has 9 nitrogen and oxygen atoms in total. The quantitative estimate of drug-likeness (QED) is 0.385. The smallest absolute Gasteiger partial charge is 0.339 e. The molecule has 1 aromatic carbocycles. The zero-order valence-electron chi connectivity index (χ0n) is 19.2. The maximum Gasteiger partial charge on any atom is 0.339 e. The predicted molar refractivity (Wildman–Crippen MR) is 117 cm³/mol. The van der Waals surface area contributed by atoms with Crippen LogP contribution in [0.4, 0.5) is 0 Å². The second-order valence-electron chi connectivity index (χ2n) is 7.61. The molecular formula is C24H26N2O7. The number of hydrogen-bond donors (Lipinski definition) is 1. The Morgan fingerprint density at radius 3 is 2.36 bits per heavy atom. The summed E-state index contributed by atoms with van der Waals surface area (Å²) < 4.78 is 20.7. The summed E-state index contributed by atoms with van der Waals surface area (Å²) in [5.74, 6) is -0.144. The van der Waals surface area contributed by atoms with Crippen molar-refractivity contribution in [3.8, 4) is 5.75 Å². The van der Waals surface area contributed by atoms with Crippen molar-refractivity contribution >= 4 is 17.7 Å². The molecule has 0 amide bonds. The molecule has 174 valence electrons. The average Bonchev–Trinajstić information content (AvgIpc) is 3.28. The van der Waals surface area contributed by atoms with Crippen molar-refractivity contribution in [3.05, 3.63) is 69.4 Å². The first-order valence-electron chi connectivity index (χ1n) is 10.3. The number of aromatic nitrogens is 2. The van der Waals surface area contributed by atoms with Crippen LogP contribution >= 0.6 is 0 Å². The van der Waals surface area contributed by atoms with E-state index in [0.29, 0.717) is 34.9 Å². The molecule has 33 heavy (non-hydrogen) atoms. The molecule has 3 rings (SSSR count). The van der Waals surface area contributed by atoms with Crippen LogP contribution in [0, 0.1) is 27.7 Å². The number of hydrogen-bond acceptors (Lipinski definition) is 8. The lowest BCUT2D eigenvalue weighted by molar-refractivity contribution is -0.141. The number of methoxy groups -OCH3 is 1.